The van der Waals surface area contributed by atoms with E-state index in [0.29, 0.717) is 45.9 Å². The predicted octanol–water partition coefficient (Wildman–Crippen LogP) is 4.53. The van der Waals surface area contributed by atoms with Crippen molar-refractivity contribution in [2.45, 2.75) is 32.7 Å². The first-order valence-corrected chi connectivity index (χ1v) is 9.97. The molecule has 1 fully saturated rings. The van der Waals surface area contributed by atoms with Crippen LogP contribution in [-0.2, 0) is 0 Å². The summed E-state index contributed by atoms with van der Waals surface area (Å²) >= 11 is 6.33. The molecule has 0 saturated heterocycles. The molecule has 2 N–H and O–H groups in total. The Balaban J connectivity index is 1.74. The number of halogens is 1. The van der Waals surface area contributed by atoms with Gasteiger partial charge in [-0.1, -0.05) is 31.5 Å². The molecule has 0 heterocycles. The van der Waals surface area contributed by atoms with E-state index in [4.69, 9.17) is 21.1 Å². The maximum absolute atomic E-state index is 12.7. The highest BCUT2D eigenvalue weighted by Crippen LogP contribution is 2.37. The van der Waals surface area contributed by atoms with Crippen LogP contribution in [-0.4, -0.2) is 31.6 Å². The van der Waals surface area contributed by atoms with Crippen molar-refractivity contribution in [3.05, 3.63) is 52.5 Å². The summed E-state index contributed by atoms with van der Waals surface area (Å²) in [7, 11) is 1.50. The Kier molecular flexibility index (Phi) is 6.64. The number of anilines is 1. The molecule has 154 valence electrons. The first-order chi connectivity index (χ1) is 13.9. The number of ether oxygens (including phenoxy) is 2. The van der Waals surface area contributed by atoms with Gasteiger partial charge in [-0.25, -0.2) is 0 Å². The van der Waals surface area contributed by atoms with Crippen molar-refractivity contribution in [2.24, 2.45) is 5.92 Å². The van der Waals surface area contributed by atoms with Crippen LogP contribution in [0.15, 0.2) is 36.4 Å². The predicted molar refractivity (Wildman–Crippen MR) is 113 cm³/mol. The molecular formula is C22H25ClN2O4. The molecule has 0 atom stereocenters. The molecule has 3 rings (SSSR count). The minimum atomic E-state index is -0.361. The average molecular weight is 417 g/mol. The molecule has 1 aliphatic carbocycles. The number of carbonyl (C=O) groups excluding carboxylic acids is 2. The van der Waals surface area contributed by atoms with Crippen molar-refractivity contribution in [3.63, 3.8) is 0 Å². The zero-order valence-electron chi connectivity index (χ0n) is 16.8. The number of benzene rings is 2. The summed E-state index contributed by atoms with van der Waals surface area (Å²) in [5, 5.41) is 6.03. The van der Waals surface area contributed by atoms with Crippen molar-refractivity contribution in [1.29, 1.82) is 0 Å². The molecule has 0 spiro atoms. The van der Waals surface area contributed by atoms with Crippen molar-refractivity contribution >= 4 is 29.1 Å². The van der Waals surface area contributed by atoms with Crippen molar-refractivity contribution in [2.75, 3.05) is 19.0 Å². The van der Waals surface area contributed by atoms with Gasteiger partial charge in [0.25, 0.3) is 11.8 Å². The Hall–Kier alpha value is -2.73. The van der Waals surface area contributed by atoms with E-state index in [1.807, 2.05) is 13.8 Å². The van der Waals surface area contributed by atoms with Crippen LogP contribution in [0.25, 0.3) is 0 Å². The molecule has 0 unspecified atom stereocenters. The van der Waals surface area contributed by atoms with Gasteiger partial charge in [0, 0.05) is 22.9 Å². The molecule has 1 saturated carbocycles. The van der Waals surface area contributed by atoms with E-state index >= 15 is 0 Å². The van der Waals surface area contributed by atoms with Gasteiger partial charge in [-0.3, -0.25) is 9.59 Å². The fraction of sp³-hybridized carbons (Fsp3) is 0.364. The summed E-state index contributed by atoms with van der Waals surface area (Å²) in [6, 6.07) is 10.2. The molecule has 0 radical (unpaired) electrons. The van der Waals surface area contributed by atoms with Gasteiger partial charge in [0.2, 0.25) is 0 Å². The van der Waals surface area contributed by atoms with Crippen LogP contribution >= 0.6 is 11.6 Å². The van der Waals surface area contributed by atoms with E-state index in [9.17, 15) is 9.59 Å². The second-order valence-electron chi connectivity index (χ2n) is 7.48. The summed E-state index contributed by atoms with van der Waals surface area (Å²) in [4.78, 5) is 24.9. The highest BCUT2D eigenvalue weighted by Gasteiger charge is 2.24. The van der Waals surface area contributed by atoms with Gasteiger partial charge in [-0.2, -0.15) is 0 Å². The zero-order valence-corrected chi connectivity index (χ0v) is 17.5. The summed E-state index contributed by atoms with van der Waals surface area (Å²) in [5.41, 5.74) is 1.35. The molecule has 0 aliphatic heterocycles. The van der Waals surface area contributed by atoms with Gasteiger partial charge in [-0.15, -0.1) is 0 Å². The van der Waals surface area contributed by atoms with Crippen LogP contribution in [0, 0.1) is 5.92 Å². The Morgan fingerprint density at radius 1 is 1.14 bits per heavy atom. The van der Waals surface area contributed by atoms with E-state index in [1.165, 1.54) is 7.11 Å². The third-order valence-corrected chi connectivity index (χ3v) is 4.63. The van der Waals surface area contributed by atoms with Crippen LogP contribution in [0.2, 0.25) is 5.02 Å². The molecule has 1 aliphatic rings. The van der Waals surface area contributed by atoms with Gasteiger partial charge in [-0.05, 0) is 49.1 Å². The third-order valence-electron chi connectivity index (χ3n) is 4.35. The monoisotopic (exact) mass is 416 g/mol. The number of nitrogens with one attached hydrogen (secondary N) is 2. The molecule has 6 nitrogen and oxygen atoms in total. The lowest BCUT2D eigenvalue weighted by molar-refractivity contribution is 0.0949. The van der Waals surface area contributed by atoms with Crippen molar-refractivity contribution < 1.29 is 19.1 Å². The average Bonchev–Trinajstić information content (AvgIpc) is 3.50. The first kappa shape index (κ1) is 21.0. The number of methoxy groups -OCH3 is 1. The summed E-state index contributed by atoms with van der Waals surface area (Å²) in [5.74, 6) is 0.627. The smallest absolute Gasteiger partial charge is 0.255 e. The zero-order chi connectivity index (χ0) is 21.0. The van der Waals surface area contributed by atoms with Crippen LogP contribution in [0.4, 0.5) is 5.69 Å². The van der Waals surface area contributed by atoms with E-state index in [1.54, 1.807) is 36.4 Å². The van der Waals surface area contributed by atoms with Gasteiger partial charge in [0.1, 0.15) is 0 Å². The van der Waals surface area contributed by atoms with Gasteiger partial charge >= 0.3 is 0 Å². The topological polar surface area (TPSA) is 76.7 Å². The Morgan fingerprint density at radius 3 is 2.55 bits per heavy atom. The van der Waals surface area contributed by atoms with E-state index in [0.717, 1.165) is 12.8 Å². The van der Waals surface area contributed by atoms with Crippen LogP contribution in [0.5, 0.6) is 11.5 Å². The molecule has 2 amide bonds. The molecule has 0 bridgehead atoms. The number of carbonyl (C=O) groups is 2. The number of amides is 2. The fourth-order valence-corrected chi connectivity index (χ4v) is 2.94. The van der Waals surface area contributed by atoms with Gasteiger partial charge in [0.15, 0.2) is 11.5 Å². The lowest BCUT2D eigenvalue weighted by Gasteiger charge is -2.15. The lowest BCUT2D eigenvalue weighted by Crippen LogP contribution is -2.25. The van der Waals surface area contributed by atoms with Crippen LogP contribution < -0.4 is 20.1 Å². The quantitative estimate of drug-likeness (QED) is 0.662. The third kappa shape index (κ3) is 5.64. The van der Waals surface area contributed by atoms with Crippen LogP contribution in [0.1, 0.15) is 47.4 Å². The summed E-state index contributed by atoms with van der Waals surface area (Å²) < 4.78 is 11.1. The van der Waals surface area contributed by atoms with E-state index in [2.05, 4.69) is 10.6 Å². The molecule has 29 heavy (non-hydrogen) atoms. The first-order valence-electron chi connectivity index (χ1n) is 9.60. The van der Waals surface area contributed by atoms with Crippen molar-refractivity contribution in [1.82, 2.24) is 5.32 Å². The Labute approximate surface area is 175 Å². The standard InChI is InChI=1S/C22H25ClN2O4/c1-13(2)12-29-20-18(23)10-15(11-19(20)28-3)22(27)25-17-6-4-5-14(9-17)21(26)24-16-7-8-16/h4-6,9-11,13,16H,7-8,12H2,1-3H3,(H,24,26)(H,25,27). The molecule has 2 aromatic carbocycles. The minimum Gasteiger partial charge on any atom is -0.493 e. The largest absolute Gasteiger partial charge is 0.493 e. The summed E-state index contributed by atoms with van der Waals surface area (Å²) in [6.45, 7) is 4.54. The Bertz CT molecular complexity index is 910. The molecule has 0 aromatic heterocycles. The summed E-state index contributed by atoms with van der Waals surface area (Å²) in [6.07, 6.45) is 2.03. The maximum Gasteiger partial charge on any atom is 0.255 e. The van der Waals surface area contributed by atoms with E-state index in [-0.39, 0.29) is 17.9 Å². The van der Waals surface area contributed by atoms with E-state index < -0.39 is 0 Å². The highest BCUT2D eigenvalue weighted by molar-refractivity contribution is 6.32. The van der Waals surface area contributed by atoms with Gasteiger partial charge in [0.05, 0.1) is 18.7 Å². The van der Waals surface area contributed by atoms with Crippen LogP contribution in [0.3, 0.4) is 0 Å². The lowest BCUT2D eigenvalue weighted by atomic mass is 10.1. The molecular weight excluding hydrogens is 392 g/mol. The normalized spacial score (nSPS) is 13.1. The molecule has 2 aromatic rings. The second kappa shape index (κ2) is 9.18. The maximum atomic E-state index is 12.7. The molecule has 7 heteroatoms. The SMILES string of the molecule is COc1cc(C(=O)Nc2cccc(C(=O)NC3CC3)c2)cc(Cl)c1OCC(C)C. The second-order valence-corrected chi connectivity index (χ2v) is 7.88. The fourth-order valence-electron chi connectivity index (χ4n) is 2.68. The highest BCUT2D eigenvalue weighted by atomic mass is 35.5. The number of rotatable bonds is 8. The number of hydrogen-bond acceptors (Lipinski definition) is 4. The number of hydrogen-bond donors (Lipinski definition) is 2. The minimum absolute atomic E-state index is 0.139. The van der Waals surface area contributed by atoms with Crippen molar-refractivity contribution in [3.8, 4) is 11.5 Å². The Morgan fingerprint density at radius 2 is 1.90 bits per heavy atom. The van der Waals surface area contributed by atoms with Gasteiger partial charge < -0.3 is 20.1 Å².